The van der Waals surface area contributed by atoms with E-state index in [1.807, 2.05) is 13.8 Å². The molecule has 0 aliphatic rings. The molecule has 116 valence electrons. The highest BCUT2D eigenvalue weighted by molar-refractivity contribution is 5.97. The van der Waals surface area contributed by atoms with Crippen LogP contribution in [-0.2, 0) is 4.79 Å². The maximum Gasteiger partial charge on any atom is 0.305 e. The van der Waals surface area contributed by atoms with Crippen LogP contribution in [0.3, 0.4) is 0 Å². The number of aryl methyl sites for hydroxylation is 1. The van der Waals surface area contributed by atoms with E-state index in [2.05, 4.69) is 10.3 Å². The van der Waals surface area contributed by atoms with E-state index in [1.165, 1.54) is 7.11 Å². The normalized spacial score (nSPS) is 11.0. The van der Waals surface area contributed by atoms with Crippen molar-refractivity contribution in [3.63, 3.8) is 0 Å². The second kappa shape index (κ2) is 7.06. The van der Waals surface area contributed by atoms with Gasteiger partial charge in [0.15, 0.2) is 0 Å². The van der Waals surface area contributed by atoms with E-state index >= 15 is 0 Å². The smallest absolute Gasteiger partial charge is 0.305 e. The minimum atomic E-state index is -0.937. The van der Waals surface area contributed by atoms with Gasteiger partial charge in [-0.3, -0.25) is 9.59 Å². The second-order valence-corrected chi connectivity index (χ2v) is 5.02. The molecule has 0 aliphatic carbocycles. The molecular weight excluding hydrogens is 272 g/mol. The van der Waals surface area contributed by atoms with E-state index in [-0.39, 0.29) is 18.2 Å². The van der Waals surface area contributed by atoms with Gasteiger partial charge >= 0.3 is 5.97 Å². The number of nitrogens with one attached hydrogen (secondary N) is 1. The van der Waals surface area contributed by atoms with Crippen molar-refractivity contribution in [1.82, 2.24) is 10.3 Å². The Kier molecular flexibility index (Phi) is 5.69. The van der Waals surface area contributed by atoms with Gasteiger partial charge in [0.1, 0.15) is 5.56 Å². The molecule has 0 aliphatic heterocycles. The Labute approximate surface area is 124 Å². The summed E-state index contributed by atoms with van der Waals surface area (Å²) in [7, 11) is 1.45. The molecule has 0 saturated carbocycles. The fraction of sp³-hybridized carbons (Fsp3) is 0.533. The van der Waals surface area contributed by atoms with Gasteiger partial charge in [-0.05, 0) is 31.9 Å². The van der Waals surface area contributed by atoms with Crippen molar-refractivity contribution in [2.45, 2.75) is 45.6 Å². The minimum absolute atomic E-state index is 0.118. The lowest BCUT2D eigenvalue weighted by Crippen LogP contribution is -2.49. The van der Waals surface area contributed by atoms with Crippen LogP contribution < -0.4 is 10.1 Å². The van der Waals surface area contributed by atoms with Crippen molar-refractivity contribution in [1.29, 1.82) is 0 Å². The van der Waals surface area contributed by atoms with Gasteiger partial charge in [-0.1, -0.05) is 13.8 Å². The summed E-state index contributed by atoms with van der Waals surface area (Å²) in [5.41, 5.74) is 0.282. The molecule has 21 heavy (non-hydrogen) atoms. The van der Waals surface area contributed by atoms with Gasteiger partial charge in [0.05, 0.1) is 19.1 Å². The van der Waals surface area contributed by atoms with Crippen LogP contribution in [0.25, 0.3) is 0 Å². The molecule has 1 aromatic rings. The Morgan fingerprint density at radius 2 is 1.95 bits per heavy atom. The fourth-order valence-electron chi connectivity index (χ4n) is 2.18. The topological polar surface area (TPSA) is 88.5 Å². The van der Waals surface area contributed by atoms with Gasteiger partial charge in [0.25, 0.3) is 5.91 Å². The van der Waals surface area contributed by atoms with E-state index in [9.17, 15) is 9.59 Å². The number of nitrogens with zero attached hydrogens (tertiary/aromatic N) is 1. The van der Waals surface area contributed by atoms with E-state index in [0.717, 1.165) is 5.69 Å². The zero-order valence-electron chi connectivity index (χ0n) is 12.9. The zero-order chi connectivity index (χ0) is 16.0. The molecule has 1 rings (SSSR count). The van der Waals surface area contributed by atoms with Crippen LogP contribution in [0.5, 0.6) is 5.88 Å². The first-order valence-corrected chi connectivity index (χ1v) is 6.93. The van der Waals surface area contributed by atoms with Crippen molar-refractivity contribution in [2.24, 2.45) is 0 Å². The molecule has 1 heterocycles. The number of carbonyl (C=O) groups excluding carboxylic acids is 1. The minimum Gasteiger partial charge on any atom is -0.481 e. The van der Waals surface area contributed by atoms with Crippen molar-refractivity contribution in [3.8, 4) is 5.88 Å². The van der Waals surface area contributed by atoms with Gasteiger partial charge in [-0.2, -0.15) is 0 Å². The number of aromatic nitrogens is 1. The van der Waals surface area contributed by atoms with Gasteiger partial charge in [-0.15, -0.1) is 0 Å². The van der Waals surface area contributed by atoms with Crippen LogP contribution in [-0.4, -0.2) is 34.6 Å². The molecule has 0 saturated heterocycles. The lowest BCUT2D eigenvalue weighted by Gasteiger charge is -2.31. The van der Waals surface area contributed by atoms with Crippen molar-refractivity contribution in [2.75, 3.05) is 7.11 Å². The van der Waals surface area contributed by atoms with E-state index in [0.29, 0.717) is 18.4 Å². The standard InChI is InChI=1S/C15H22N2O4/c1-5-15(6-2,9-12(18)19)17-13(20)11-8-7-10(3)16-14(11)21-4/h7-8H,5-6,9H2,1-4H3,(H,17,20)(H,18,19). The number of carboxylic acids is 1. The number of aliphatic carboxylic acids is 1. The molecule has 2 N–H and O–H groups in total. The molecule has 0 atom stereocenters. The number of ether oxygens (including phenoxy) is 1. The Hall–Kier alpha value is -2.11. The third kappa shape index (κ3) is 4.18. The van der Waals surface area contributed by atoms with Gasteiger partial charge < -0.3 is 15.2 Å². The predicted octanol–water partition coefficient (Wildman–Crippen LogP) is 2.16. The van der Waals surface area contributed by atoms with E-state index in [1.54, 1.807) is 19.1 Å². The highest BCUT2D eigenvalue weighted by atomic mass is 16.5. The van der Waals surface area contributed by atoms with Crippen LogP contribution in [0.4, 0.5) is 0 Å². The highest BCUT2D eigenvalue weighted by Gasteiger charge is 2.32. The third-order valence-corrected chi connectivity index (χ3v) is 3.66. The predicted molar refractivity (Wildman–Crippen MR) is 78.6 cm³/mol. The zero-order valence-corrected chi connectivity index (χ0v) is 12.9. The van der Waals surface area contributed by atoms with Gasteiger partial charge in [0.2, 0.25) is 5.88 Å². The van der Waals surface area contributed by atoms with Crippen molar-refractivity contribution < 1.29 is 19.4 Å². The van der Waals surface area contributed by atoms with E-state index < -0.39 is 11.5 Å². The largest absolute Gasteiger partial charge is 0.481 e. The Morgan fingerprint density at radius 3 is 2.43 bits per heavy atom. The summed E-state index contributed by atoms with van der Waals surface area (Å²) < 4.78 is 5.12. The molecular formula is C15H22N2O4. The Bertz CT molecular complexity index is 524. The second-order valence-electron chi connectivity index (χ2n) is 5.02. The first-order valence-electron chi connectivity index (χ1n) is 6.93. The maximum absolute atomic E-state index is 12.4. The molecule has 0 unspecified atom stereocenters. The number of methoxy groups -OCH3 is 1. The molecule has 0 aromatic carbocycles. The van der Waals surface area contributed by atoms with Crippen LogP contribution in [0.2, 0.25) is 0 Å². The quantitative estimate of drug-likeness (QED) is 0.804. The van der Waals surface area contributed by atoms with Crippen LogP contribution in [0.1, 0.15) is 49.2 Å². The summed E-state index contributed by atoms with van der Waals surface area (Å²) in [6.45, 7) is 5.52. The van der Waals surface area contributed by atoms with Crippen LogP contribution in [0, 0.1) is 6.92 Å². The molecule has 0 radical (unpaired) electrons. The number of hydrogen-bond acceptors (Lipinski definition) is 4. The van der Waals surface area contributed by atoms with Crippen LogP contribution >= 0.6 is 0 Å². The van der Waals surface area contributed by atoms with E-state index in [4.69, 9.17) is 9.84 Å². The number of amides is 1. The van der Waals surface area contributed by atoms with Crippen molar-refractivity contribution in [3.05, 3.63) is 23.4 Å². The molecule has 0 fully saturated rings. The lowest BCUT2D eigenvalue weighted by atomic mass is 9.88. The molecule has 6 nitrogen and oxygen atoms in total. The average molecular weight is 294 g/mol. The van der Waals surface area contributed by atoms with Crippen LogP contribution in [0.15, 0.2) is 12.1 Å². The molecule has 1 amide bonds. The SMILES string of the molecule is CCC(CC)(CC(=O)O)NC(=O)c1ccc(C)nc1OC. The molecule has 0 bridgehead atoms. The summed E-state index contributed by atoms with van der Waals surface area (Å²) in [5, 5.41) is 11.9. The number of rotatable bonds is 7. The fourth-order valence-corrected chi connectivity index (χ4v) is 2.18. The average Bonchev–Trinajstić information content (AvgIpc) is 2.45. The Morgan fingerprint density at radius 1 is 1.33 bits per heavy atom. The maximum atomic E-state index is 12.4. The molecule has 6 heteroatoms. The number of carboxylic acid groups (broad SMARTS) is 1. The lowest BCUT2D eigenvalue weighted by molar-refractivity contribution is -0.138. The first-order chi connectivity index (χ1) is 9.87. The summed E-state index contributed by atoms with van der Waals surface area (Å²) >= 11 is 0. The molecule has 1 aromatic heterocycles. The highest BCUT2D eigenvalue weighted by Crippen LogP contribution is 2.23. The first kappa shape index (κ1) is 16.9. The van der Waals surface area contributed by atoms with Crippen molar-refractivity contribution >= 4 is 11.9 Å². The summed E-state index contributed by atoms with van der Waals surface area (Å²) in [6, 6.07) is 3.35. The Balaban J connectivity index is 3.05. The summed E-state index contributed by atoms with van der Waals surface area (Å²) in [5.74, 6) is -1.07. The molecule has 0 spiro atoms. The van der Waals surface area contributed by atoms with Gasteiger partial charge in [-0.25, -0.2) is 4.98 Å². The van der Waals surface area contributed by atoms with Gasteiger partial charge in [0, 0.05) is 5.69 Å². The number of carbonyl (C=O) groups is 2. The number of pyridine rings is 1. The summed E-state index contributed by atoms with van der Waals surface area (Å²) in [6.07, 6.45) is 0.944. The number of hydrogen-bond donors (Lipinski definition) is 2. The summed E-state index contributed by atoms with van der Waals surface area (Å²) in [4.78, 5) is 27.6. The monoisotopic (exact) mass is 294 g/mol. The third-order valence-electron chi connectivity index (χ3n) is 3.66.